The van der Waals surface area contributed by atoms with Crippen LogP contribution in [0.4, 0.5) is 0 Å². The van der Waals surface area contributed by atoms with Gasteiger partial charge in [-0.1, -0.05) is 24.3 Å². The minimum Gasteiger partial charge on any atom is -0.198 e. The van der Waals surface area contributed by atoms with Crippen LogP contribution in [0, 0.1) is 11.3 Å². The second-order valence-corrected chi connectivity index (χ2v) is 2.73. The number of nitrogens with zero attached hydrogens (tertiary/aromatic N) is 4. The highest BCUT2D eigenvalue weighted by atomic mass is 15.5. The molecule has 1 aromatic heterocycles. The average Bonchev–Trinajstić information content (AvgIpc) is 2.72. The van der Waals surface area contributed by atoms with Crippen LogP contribution in [0.5, 0.6) is 0 Å². The van der Waals surface area contributed by atoms with Gasteiger partial charge in [0.15, 0.2) is 0 Å². The van der Waals surface area contributed by atoms with Crippen molar-refractivity contribution in [2.24, 2.45) is 0 Å². The second kappa shape index (κ2) is 3.66. The fourth-order valence-electron chi connectivity index (χ4n) is 1.25. The molecule has 1 aromatic carbocycles. The zero-order valence-corrected chi connectivity index (χ0v) is 7.31. The summed E-state index contributed by atoms with van der Waals surface area (Å²) in [5, 5.41) is 22.2. The first-order chi connectivity index (χ1) is 6.92. The normalized spacial score (nSPS) is 9.64. The summed E-state index contributed by atoms with van der Waals surface area (Å²) in [6, 6.07) is 9.62. The van der Waals surface area contributed by atoms with E-state index in [1.807, 2.05) is 24.3 Å². The molecule has 68 valence electrons. The lowest BCUT2D eigenvalue weighted by Crippen LogP contribution is -1.89. The van der Waals surface area contributed by atoms with E-state index in [0.29, 0.717) is 12.2 Å². The lowest BCUT2D eigenvalue weighted by molar-refractivity contribution is 0.881. The molecule has 14 heavy (non-hydrogen) atoms. The maximum atomic E-state index is 8.63. The van der Waals surface area contributed by atoms with Gasteiger partial charge in [-0.3, -0.25) is 0 Å². The van der Waals surface area contributed by atoms with E-state index in [-0.39, 0.29) is 0 Å². The molecule has 1 N–H and O–H groups in total. The van der Waals surface area contributed by atoms with E-state index in [1.165, 1.54) is 0 Å². The third-order valence-corrected chi connectivity index (χ3v) is 1.87. The van der Waals surface area contributed by atoms with Crippen LogP contribution in [0.3, 0.4) is 0 Å². The predicted molar refractivity (Wildman–Crippen MR) is 48.9 cm³/mol. The molecule has 0 unspecified atom stereocenters. The number of aromatic amines is 1. The Bertz CT molecular complexity index is 454. The number of hydrogen-bond acceptors (Lipinski definition) is 4. The summed E-state index contributed by atoms with van der Waals surface area (Å²) in [5.74, 6) is 0.524. The molecular weight excluding hydrogens is 178 g/mol. The van der Waals surface area contributed by atoms with Crippen LogP contribution in [0.15, 0.2) is 24.3 Å². The summed E-state index contributed by atoms with van der Waals surface area (Å²) in [4.78, 5) is 0. The molecule has 0 aliphatic heterocycles. The van der Waals surface area contributed by atoms with E-state index in [9.17, 15) is 0 Å². The molecule has 0 bridgehead atoms. The van der Waals surface area contributed by atoms with Crippen LogP contribution >= 0.6 is 0 Å². The Morgan fingerprint density at radius 2 is 2.21 bits per heavy atom. The number of hydrogen-bond donors (Lipinski definition) is 1. The maximum Gasteiger partial charge on any atom is 0.204 e. The van der Waals surface area contributed by atoms with Crippen LogP contribution < -0.4 is 0 Å². The van der Waals surface area contributed by atoms with E-state index in [2.05, 4.69) is 26.7 Å². The first-order valence-corrected chi connectivity index (χ1v) is 4.10. The third kappa shape index (κ3) is 1.45. The summed E-state index contributed by atoms with van der Waals surface area (Å²) in [6.45, 7) is 0. The molecule has 0 spiro atoms. The first kappa shape index (κ1) is 8.38. The molecule has 1 heterocycles. The largest absolute Gasteiger partial charge is 0.204 e. The third-order valence-electron chi connectivity index (χ3n) is 1.87. The molecule has 5 heteroatoms. The number of aromatic nitrogens is 4. The Morgan fingerprint density at radius 1 is 1.36 bits per heavy atom. The fourth-order valence-corrected chi connectivity index (χ4v) is 1.25. The Labute approximate surface area is 80.4 Å². The lowest BCUT2D eigenvalue weighted by atomic mass is 10.1. The molecule has 5 nitrogen and oxygen atoms in total. The van der Waals surface area contributed by atoms with Crippen molar-refractivity contribution in [1.29, 1.82) is 5.26 Å². The van der Waals surface area contributed by atoms with Crippen molar-refractivity contribution in [2.45, 2.75) is 6.42 Å². The first-order valence-electron chi connectivity index (χ1n) is 4.10. The van der Waals surface area contributed by atoms with Crippen LogP contribution in [0.2, 0.25) is 0 Å². The quantitative estimate of drug-likeness (QED) is 0.754. The number of H-pyrrole nitrogens is 1. The maximum absolute atomic E-state index is 8.63. The Hall–Kier alpha value is -2.22. The predicted octanol–water partition coefficient (Wildman–Crippen LogP) is 0.933. The van der Waals surface area contributed by atoms with Gasteiger partial charge in [0.2, 0.25) is 5.82 Å². The van der Waals surface area contributed by atoms with Gasteiger partial charge in [0.1, 0.15) is 0 Å². The fraction of sp³-hybridized carbons (Fsp3) is 0.111. The number of nitriles is 1. The highest BCUT2D eigenvalue weighted by Gasteiger charge is 2.07. The summed E-state index contributed by atoms with van der Waals surface area (Å²) >= 11 is 0. The standard InChI is InChI=1S/C9H7N5/c10-6-5-7-3-1-2-4-8(7)9-11-13-14-12-9/h1-4H,5H2,(H,11,12,13,14). The zero-order valence-electron chi connectivity index (χ0n) is 7.31. The highest BCUT2D eigenvalue weighted by molar-refractivity contribution is 5.59. The van der Waals surface area contributed by atoms with Crippen LogP contribution in [0.25, 0.3) is 11.4 Å². The highest BCUT2D eigenvalue weighted by Crippen LogP contribution is 2.18. The van der Waals surface area contributed by atoms with Gasteiger partial charge < -0.3 is 0 Å². The van der Waals surface area contributed by atoms with Gasteiger partial charge in [-0.25, -0.2) is 0 Å². The van der Waals surface area contributed by atoms with Gasteiger partial charge in [-0.2, -0.15) is 10.5 Å². The summed E-state index contributed by atoms with van der Waals surface area (Å²) in [6.07, 6.45) is 0.352. The van der Waals surface area contributed by atoms with Crippen molar-refractivity contribution in [3.63, 3.8) is 0 Å². The van der Waals surface area contributed by atoms with Gasteiger partial charge in [-0.05, 0) is 10.8 Å². The van der Waals surface area contributed by atoms with Crippen molar-refractivity contribution in [1.82, 2.24) is 20.6 Å². The molecule has 0 aliphatic rings. The number of tetrazole rings is 1. The molecule has 0 saturated heterocycles. The smallest absolute Gasteiger partial charge is 0.198 e. The van der Waals surface area contributed by atoms with Crippen LogP contribution in [-0.4, -0.2) is 20.6 Å². The zero-order chi connectivity index (χ0) is 9.80. The average molecular weight is 185 g/mol. The lowest BCUT2D eigenvalue weighted by Gasteiger charge is -2.00. The summed E-state index contributed by atoms with van der Waals surface area (Å²) in [5.41, 5.74) is 1.76. The second-order valence-electron chi connectivity index (χ2n) is 2.73. The molecule has 2 rings (SSSR count). The Morgan fingerprint density at radius 3 is 2.93 bits per heavy atom. The topological polar surface area (TPSA) is 78.2 Å². The molecule has 0 amide bonds. The van der Waals surface area contributed by atoms with Crippen LogP contribution in [0.1, 0.15) is 5.56 Å². The van der Waals surface area contributed by atoms with E-state index >= 15 is 0 Å². The Kier molecular flexibility index (Phi) is 2.19. The number of nitrogens with one attached hydrogen (secondary N) is 1. The van der Waals surface area contributed by atoms with Gasteiger partial charge in [-0.15, -0.1) is 10.2 Å². The van der Waals surface area contributed by atoms with Gasteiger partial charge in [0.25, 0.3) is 0 Å². The molecule has 0 atom stereocenters. The van der Waals surface area contributed by atoms with Gasteiger partial charge in [0.05, 0.1) is 12.5 Å². The number of rotatable bonds is 2. The monoisotopic (exact) mass is 185 g/mol. The van der Waals surface area contributed by atoms with E-state index in [0.717, 1.165) is 11.1 Å². The van der Waals surface area contributed by atoms with Crippen LogP contribution in [-0.2, 0) is 6.42 Å². The van der Waals surface area contributed by atoms with Crippen molar-refractivity contribution in [3.05, 3.63) is 29.8 Å². The van der Waals surface area contributed by atoms with E-state index < -0.39 is 0 Å². The summed E-state index contributed by atoms with van der Waals surface area (Å²) in [7, 11) is 0. The minimum absolute atomic E-state index is 0.352. The van der Waals surface area contributed by atoms with E-state index in [4.69, 9.17) is 5.26 Å². The summed E-state index contributed by atoms with van der Waals surface area (Å²) < 4.78 is 0. The van der Waals surface area contributed by atoms with Crippen molar-refractivity contribution in [3.8, 4) is 17.5 Å². The molecular formula is C9H7N5. The minimum atomic E-state index is 0.352. The molecule has 0 fully saturated rings. The Balaban J connectivity index is 2.48. The van der Waals surface area contributed by atoms with Gasteiger partial charge in [0, 0.05) is 5.56 Å². The van der Waals surface area contributed by atoms with Gasteiger partial charge >= 0.3 is 0 Å². The molecule has 0 aliphatic carbocycles. The van der Waals surface area contributed by atoms with E-state index in [1.54, 1.807) is 0 Å². The molecule has 0 radical (unpaired) electrons. The SMILES string of the molecule is N#CCc1ccccc1-c1nn[nH]n1. The van der Waals surface area contributed by atoms with Crippen molar-refractivity contribution in [2.75, 3.05) is 0 Å². The van der Waals surface area contributed by atoms with Crippen molar-refractivity contribution < 1.29 is 0 Å². The molecule has 0 saturated carbocycles. The number of benzene rings is 1. The van der Waals surface area contributed by atoms with Crippen molar-refractivity contribution >= 4 is 0 Å². The molecule has 2 aromatic rings.